The fourth-order valence-electron chi connectivity index (χ4n) is 4.78. The minimum Gasteiger partial charge on any atom is -0.508 e. The molecule has 0 radical (unpaired) electrons. The molecule has 4 aromatic rings. The van der Waals surface area contributed by atoms with Gasteiger partial charge in [-0.3, -0.25) is 4.98 Å². The molecule has 33 heavy (non-hydrogen) atoms. The van der Waals surface area contributed by atoms with Gasteiger partial charge in [-0.05, 0) is 79.7 Å². The van der Waals surface area contributed by atoms with Crippen LogP contribution in [0.15, 0.2) is 85.1 Å². The molecule has 2 aromatic heterocycles. The molecule has 0 bridgehead atoms. The molecule has 1 aliphatic heterocycles. The molecule has 0 unspecified atom stereocenters. The summed E-state index contributed by atoms with van der Waals surface area (Å²) >= 11 is 5.84. The van der Waals surface area contributed by atoms with E-state index >= 15 is 0 Å². The summed E-state index contributed by atoms with van der Waals surface area (Å²) in [6.45, 7) is 4.97. The second-order valence-electron chi connectivity index (χ2n) is 8.42. The van der Waals surface area contributed by atoms with E-state index in [2.05, 4.69) is 70.0 Å². The molecule has 2 N–H and O–H groups in total. The standard InChI is InChI=1S/C27H26N4OS/c1-18-16-23(19(2)31(18)21-11-13-22(32)14-12-21)26-25(24-10-6-7-15-28-24)29-27(33)30(26)17-20-8-4-3-5-9-20/h3-16,25-26,32H,17H2,1-2H3,(H,29,33)/t25-,26+/m1/s1. The van der Waals surface area contributed by atoms with E-state index in [0.717, 1.165) is 27.9 Å². The maximum absolute atomic E-state index is 9.74. The monoisotopic (exact) mass is 454 g/mol. The van der Waals surface area contributed by atoms with Gasteiger partial charge in [-0.25, -0.2) is 0 Å². The summed E-state index contributed by atoms with van der Waals surface area (Å²) in [7, 11) is 0. The molecule has 0 saturated carbocycles. The van der Waals surface area contributed by atoms with Crippen molar-refractivity contribution in [1.82, 2.24) is 19.8 Å². The van der Waals surface area contributed by atoms with Gasteiger partial charge in [-0.2, -0.15) is 0 Å². The summed E-state index contributed by atoms with van der Waals surface area (Å²) in [6, 6.07) is 25.9. The highest BCUT2D eigenvalue weighted by molar-refractivity contribution is 7.80. The number of phenols is 1. The fraction of sp³-hybridized carbons (Fsp3) is 0.185. The third kappa shape index (κ3) is 3.98. The molecule has 166 valence electrons. The molecule has 1 aliphatic rings. The Bertz CT molecular complexity index is 1270. The lowest BCUT2D eigenvalue weighted by atomic mass is 9.96. The van der Waals surface area contributed by atoms with Crippen LogP contribution in [0, 0.1) is 13.8 Å². The highest BCUT2D eigenvalue weighted by Gasteiger charge is 2.41. The van der Waals surface area contributed by atoms with Crippen molar-refractivity contribution in [2.75, 3.05) is 0 Å². The Balaban J connectivity index is 1.61. The van der Waals surface area contributed by atoms with E-state index in [1.807, 2.05) is 36.5 Å². The van der Waals surface area contributed by atoms with E-state index in [1.165, 1.54) is 11.1 Å². The van der Waals surface area contributed by atoms with Crippen LogP contribution >= 0.6 is 12.2 Å². The Morgan fingerprint density at radius 1 is 0.970 bits per heavy atom. The van der Waals surface area contributed by atoms with Gasteiger partial charge in [-0.1, -0.05) is 36.4 Å². The molecular weight excluding hydrogens is 428 g/mol. The van der Waals surface area contributed by atoms with Crippen molar-refractivity contribution in [2.24, 2.45) is 0 Å². The van der Waals surface area contributed by atoms with Crippen LogP contribution in [0.1, 0.15) is 40.3 Å². The summed E-state index contributed by atoms with van der Waals surface area (Å²) in [5.74, 6) is 0.260. The van der Waals surface area contributed by atoms with E-state index in [1.54, 1.807) is 12.1 Å². The van der Waals surface area contributed by atoms with Gasteiger partial charge in [0.15, 0.2) is 5.11 Å². The van der Waals surface area contributed by atoms with Gasteiger partial charge in [0.25, 0.3) is 0 Å². The van der Waals surface area contributed by atoms with E-state index < -0.39 is 0 Å². The Labute approximate surface area is 199 Å². The average molecular weight is 455 g/mol. The third-order valence-electron chi connectivity index (χ3n) is 6.29. The van der Waals surface area contributed by atoms with Crippen molar-refractivity contribution in [2.45, 2.75) is 32.5 Å². The Kier molecular flexibility index (Phi) is 5.60. The third-order valence-corrected chi connectivity index (χ3v) is 6.64. The second kappa shape index (κ2) is 8.71. The maximum Gasteiger partial charge on any atom is 0.170 e. The van der Waals surface area contributed by atoms with Gasteiger partial charge >= 0.3 is 0 Å². The highest BCUT2D eigenvalue weighted by Crippen LogP contribution is 2.42. The molecule has 5 nitrogen and oxygen atoms in total. The number of hydrogen-bond acceptors (Lipinski definition) is 3. The normalized spacial score (nSPS) is 17.9. The van der Waals surface area contributed by atoms with Crippen molar-refractivity contribution in [3.63, 3.8) is 0 Å². The Morgan fingerprint density at radius 2 is 1.70 bits per heavy atom. The largest absolute Gasteiger partial charge is 0.508 e. The van der Waals surface area contributed by atoms with Gasteiger partial charge in [0.05, 0.1) is 17.8 Å². The van der Waals surface area contributed by atoms with Crippen LogP contribution in [0.5, 0.6) is 5.75 Å². The number of benzene rings is 2. The van der Waals surface area contributed by atoms with Crippen LogP contribution in [-0.4, -0.2) is 24.7 Å². The molecule has 0 amide bonds. The zero-order valence-electron chi connectivity index (χ0n) is 18.6. The molecule has 2 aromatic carbocycles. The zero-order valence-corrected chi connectivity index (χ0v) is 19.5. The Morgan fingerprint density at radius 3 is 2.39 bits per heavy atom. The quantitative estimate of drug-likeness (QED) is 0.397. The van der Waals surface area contributed by atoms with Crippen LogP contribution in [-0.2, 0) is 6.54 Å². The predicted octanol–water partition coefficient (Wildman–Crippen LogP) is 5.37. The van der Waals surface area contributed by atoms with E-state index in [-0.39, 0.29) is 17.8 Å². The van der Waals surface area contributed by atoms with Crippen molar-refractivity contribution in [3.8, 4) is 11.4 Å². The number of rotatable bonds is 5. The fourth-order valence-corrected chi connectivity index (χ4v) is 5.09. The summed E-state index contributed by atoms with van der Waals surface area (Å²) in [5, 5.41) is 14.0. The molecule has 5 rings (SSSR count). The minimum absolute atomic E-state index is 0.00956. The molecule has 0 aliphatic carbocycles. The lowest BCUT2D eigenvalue weighted by Crippen LogP contribution is -2.29. The number of aryl methyl sites for hydroxylation is 1. The summed E-state index contributed by atoms with van der Waals surface area (Å²) in [4.78, 5) is 6.93. The van der Waals surface area contributed by atoms with Crippen molar-refractivity contribution in [1.29, 1.82) is 0 Å². The second-order valence-corrected chi connectivity index (χ2v) is 8.81. The molecule has 6 heteroatoms. The van der Waals surface area contributed by atoms with Gasteiger partial charge in [0.1, 0.15) is 5.75 Å². The number of hydrogen-bond donors (Lipinski definition) is 2. The number of aromatic hydroxyl groups is 1. The van der Waals surface area contributed by atoms with Gasteiger partial charge in [0.2, 0.25) is 0 Å². The van der Waals surface area contributed by atoms with E-state index in [9.17, 15) is 5.11 Å². The van der Waals surface area contributed by atoms with E-state index in [4.69, 9.17) is 12.2 Å². The molecule has 2 atom stereocenters. The maximum atomic E-state index is 9.74. The lowest BCUT2D eigenvalue weighted by molar-refractivity contribution is 0.310. The van der Waals surface area contributed by atoms with Crippen LogP contribution in [0.25, 0.3) is 5.69 Å². The van der Waals surface area contributed by atoms with Crippen molar-refractivity contribution < 1.29 is 5.11 Å². The minimum atomic E-state index is -0.0591. The first-order chi connectivity index (χ1) is 16.0. The number of aromatic nitrogens is 2. The average Bonchev–Trinajstić information content (AvgIpc) is 3.31. The SMILES string of the molecule is Cc1cc([C@H]2[C@@H](c3ccccn3)NC(=S)N2Cc2ccccc2)c(C)n1-c1ccc(O)cc1. The smallest absolute Gasteiger partial charge is 0.170 e. The lowest BCUT2D eigenvalue weighted by Gasteiger charge is -2.28. The molecule has 1 saturated heterocycles. The Hall–Kier alpha value is -3.64. The van der Waals surface area contributed by atoms with Gasteiger partial charge in [0, 0.05) is 29.8 Å². The van der Waals surface area contributed by atoms with E-state index in [0.29, 0.717) is 6.54 Å². The molecule has 0 spiro atoms. The highest BCUT2D eigenvalue weighted by atomic mass is 32.1. The number of thiocarbonyl (C=S) groups is 1. The number of nitrogens with zero attached hydrogens (tertiary/aromatic N) is 3. The first kappa shape index (κ1) is 21.2. The number of pyridine rings is 1. The van der Waals surface area contributed by atoms with Gasteiger partial charge < -0.3 is 19.9 Å². The summed E-state index contributed by atoms with van der Waals surface area (Å²) in [6.07, 6.45) is 1.83. The summed E-state index contributed by atoms with van der Waals surface area (Å²) in [5.41, 5.74) is 6.68. The van der Waals surface area contributed by atoms with Crippen molar-refractivity contribution >= 4 is 17.3 Å². The number of phenolic OH excluding ortho intramolecular Hbond substituents is 1. The first-order valence-corrected chi connectivity index (χ1v) is 11.4. The van der Waals surface area contributed by atoms with Crippen LogP contribution < -0.4 is 5.32 Å². The number of nitrogens with one attached hydrogen (secondary N) is 1. The van der Waals surface area contributed by atoms with Crippen LogP contribution in [0.4, 0.5) is 0 Å². The topological polar surface area (TPSA) is 53.3 Å². The van der Waals surface area contributed by atoms with Crippen LogP contribution in [0.2, 0.25) is 0 Å². The zero-order chi connectivity index (χ0) is 22.9. The molecular formula is C27H26N4OS. The van der Waals surface area contributed by atoms with Crippen LogP contribution in [0.3, 0.4) is 0 Å². The van der Waals surface area contributed by atoms with Crippen molar-refractivity contribution in [3.05, 3.63) is 113 Å². The molecule has 1 fully saturated rings. The first-order valence-electron chi connectivity index (χ1n) is 11.0. The van der Waals surface area contributed by atoms with Gasteiger partial charge in [-0.15, -0.1) is 0 Å². The predicted molar refractivity (Wildman–Crippen MR) is 134 cm³/mol. The summed E-state index contributed by atoms with van der Waals surface area (Å²) < 4.78 is 2.23. The molecule has 3 heterocycles.